The van der Waals surface area contributed by atoms with Crippen LogP contribution in [0.4, 0.5) is 0 Å². The van der Waals surface area contributed by atoms with Gasteiger partial charge in [-0.15, -0.1) is 5.73 Å². The maximum absolute atomic E-state index is 5.40. The Hall–Kier alpha value is -1.89. The van der Waals surface area contributed by atoms with Gasteiger partial charge in [0.2, 0.25) is 0 Å². The Morgan fingerprint density at radius 2 is 1.38 bits per heavy atom. The van der Waals surface area contributed by atoms with E-state index in [4.69, 9.17) is 9.16 Å². The lowest BCUT2D eigenvalue weighted by molar-refractivity contribution is -0.417. The quantitative estimate of drug-likeness (QED) is 0.526. The average Bonchev–Trinajstić information content (AvgIpc) is 2.44. The molecule has 0 unspecified atom stereocenters. The highest BCUT2D eigenvalue weighted by molar-refractivity contribution is 6.03. The minimum absolute atomic E-state index is 0.0635. The molecule has 0 aromatic rings. The number of hydrogen-bond acceptors (Lipinski definition) is 1. The lowest BCUT2D eigenvalue weighted by Crippen LogP contribution is -2.10. The van der Waals surface area contributed by atoms with E-state index in [-0.39, 0.29) is 6.10 Å². The first-order valence-electron chi connectivity index (χ1n) is 7.16. The molecule has 0 fully saturated rings. The molecule has 0 heterocycles. The molecule has 0 amide bonds. The molecule has 2 aliphatic rings. The molecule has 2 nitrogen and oxygen atoms in total. The third kappa shape index (κ3) is 3.24. The van der Waals surface area contributed by atoms with Crippen LogP contribution in [0, 0.1) is 0 Å². The summed E-state index contributed by atoms with van der Waals surface area (Å²) in [5.74, 6) is 0.892. The minimum atomic E-state index is 0.0635. The first-order chi connectivity index (χ1) is 9.96. The Kier molecular flexibility index (Phi) is 4.62. The summed E-state index contributed by atoms with van der Waals surface area (Å²) in [6.45, 7) is 8.41. The normalized spacial score (nSPS) is 22.2. The van der Waals surface area contributed by atoms with E-state index in [1.165, 1.54) is 22.3 Å². The second kappa shape index (κ2) is 6.26. The van der Waals surface area contributed by atoms with E-state index in [2.05, 4.69) is 57.7 Å². The molecule has 2 rings (SSSR count). The highest BCUT2D eigenvalue weighted by Gasteiger charge is 2.18. The van der Waals surface area contributed by atoms with Crippen molar-refractivity contribution in [3.05, 3.63) is 63.5 Å². The van der Waals surface area contributed by atoms with Crippen LogP contribution < -0.4 is 0 Å². The molecule has 2 heteroatoms. The molecule has 0 spiro atoms. The molecule has 0 saturated heterocycles. The Morgan fingerprint density at radius 1 is 0.905 bits per heavy atom. The highest BCUT2D eigenvalue weighted by atomic mass is 16.5. The van der Waals surface area contributed by atoms with Crippen molar-refractivity contribution in [1.29, 1.82) is 0 Å². The van der Waals surface area contributed by atoms with Crippen molar-refractivity contribution in [3.63, 3.8) is 0 Å². The van der Waals surface area contributed by atoms with Crippen LogP contribution in [0.15, 0.2) is 63.5 Å². The van der Waals surface area contributed by atoms with E-state index >= 15 is 0 Å². The summed E-state index contributed by atoms with van der Waals surface area (Å²) >= 11 is 0. The number of ketones is 1. The van der Waals surface area contributed by atoms with Crippen molar-refractivity contribution in [1.82, 2.24) is 0 Å². The van der Waals surface area contributed by atoms with Gasteiger partial charge < -0.3 is 4.74 Å². The third-order valence-electron chi connectivity index (χ3n) is 3.88. The molecule has 21 heavy (non-hydrogen) atoms. The summed E-state index contributed by atoms with van der Waals surface area (Å²) in [7, 11) is 3.43. The fourth-order valence-electron chi connectivity index (χ4n) is 2.72. The first-order valence-corrected chi connectivity index (χ1v) is 7.16. The van der Waals surface area contributed by atoms with E-state index in [9.17, 15) is 0 Å². The number of carbonyl (C=O) groups excluding carboxylic acids is 1. The topological polar surface area (TPSA) is 20.5 Å². The maximum Gasteiger partial charge on any atom is 0.343 e. The van der Waals surface area contributed by atoms with E-state index < -0.39 is 0 Å². The molecule has 0 saturated carbocycles. The largest absolute Gasteiger partial charge is 0.373 e. The molecule has 0 aromatic heterocycles. The van der Waals surface area contributed by atoms with Gasteiger partial charge in [0, 0.05) is 30.4 Å². The molecular weight excluding hydrogens is 260 g/mol. The Morgan fingerprint density at radius 3 is 1.81 bits per heavy atom. The van der Waals surface area contributed by atoms with Crippen LogP contribution in [-0.2, 0) is 9.16 Å². The number of allylic oxidation sites excluding steroid dienone is 7. The Balaban J connectivity index is 2.57. The zero-order chi connectivity index (χ0) is 15.6. The van der Waals surface area contributed by atoms with E-state index in [0.717, 1.165) is 16.9 Å². The second-order valence-corrected chi connectivity index (χ2v) is 5.54. The van der Waals surface area contributed by atoms with Gasteiger partial charge in [0.05, 0.1) is 6.10 Å². The number of ether oxygens (including phenoxy) is 1. The summed E-state index contributed by atoms with van der Waals surface area (Å²) in [5, 5.41) is 0. The van der Waals surface area contributed by atoms with Gasteiger partial charge in [-0.1, -0.05) is 0 Å². The number of methoxy groups -OCH3 is 1. The fourth-order valence-corrected chi connectivity index (χ4v) is 2.72. The average molecular weight is 283 g/mol. The summed E-state index contributed by atoms with van der Waals surface area (Å²) < 4.78 is 10.7. The van der Waals surface area contributed by atoms with Crippen molar-refractivity contribution in [2.75, 3.05) is 14.2 Å². The van der Waals surface area contributed by atoms with Crippen molar-refractivity contribution >= 4 is 5.78 Å². The van der Waals surface area contributed by atoms with Crippen LogP contribution in [-0.4, -0.2) is 26.1 Å². The summed E-state index contributed by atoms with van der Waals surface area (Å²) in [4.78, 5) is 0. The molecule has 0 N–H and O–H groups in total. The van der Waals surface area contributed by atoms with Crippen molar-refractivity contribution < 1.29 is 9.16 Å². The Bertz CT molecular complexity index is 626. The van der Waals surface area contributed by atoms with Gasteiger partial charge in [0.15, 0.2) is 0 Å². The van der Waals surface area contributed by atoms with E-state index in [1.807, 2.05) is 0 Å². The zero-order valence-electron chi connectivity index (χ0n) is 13.7. The highest BCUT2D eigenvalue weighted by Crippen LogP contribution is 2.29. The third-order valence-corrected chi connectivity index (χ3v) is 3.88. The molecule has 0 aromatic carbocycles. The number of rotatable bonds is 1. The molecule has 0 atom stereocenters. The summed E-state index contributed by atoms with van der Waals surface area (Å²) in [6, 6.07) is 0. The second-order valence-electron chi connectivity index (χ2n) is 5.54. The van der Waals surface area contributed by atoms with Gasteiger partial charge in [0.25, 0.3) is 7.11 Å². The van der Waals surface area contributed by atoms with Crippen LogP contribution in [0.3, 0.4) is 0 Å². The molecule has 0 bridgehead atoms. The summed E-state index contributed by atoms with van der Waals surface area (Å²) in [6.07, 6.45) is 8.42. The van der Waals surface area contributed by atoms with Gasteiger partial charge in [-0.05, 0) is 62.1 Å². The van der Waals surface area contributed by atoms with Gasteiger partial charge in [-0.25, -0.2) is 0 Å². The van der Waals surface area contributed by atoms with Crippen molar-refractivity contribution in [3.8, 4) is 0 Å². The molecule has 0 aliphatic heterocycles. The van der Waals surface area contributed by atoms with Crippen molar-refractivity contribution in [2.45, 2.75) is 33.8 Å². The minimum Gasteiger partial charge on any atom is -0.373 e. The lowest BCUT2D eigenvalue weighted by atomic mass is 9.89. The molecular formula is C19H23O2+. The van der Waals surface area contributed by atoms with Gasteiger partial charge in [-0.2, -0.15) is 0 Å². The predicted octanol–water partition coefficient (Wildman–Crippen LogP) is 4.00. The van der Waals surface area contributed by atoms with Crippen LogP contribution in [0.25, 0.3) is 0 Å². The van der Waals surface area contributed by atoms with Crippen LogP contribution in [0.1, 0.15) is 27.7 Å². The van der Waals surface area contributed by atoms with Crippen LogP contribution >= 0.6 is 0 Å². The summed E-state index contributed by atoms with van der Waals surface area (Å²) in [5.41, 5.74) is 10.6. The van der Waals surface area contributed by atoms with E-state index in [0.29, 0.717) is 0 Å². The predicted molar refractivity (Wildman–Crippen MR) is 87.3 cm³/mol. The fraction of sp³-hybridized carbons (Fsp3) is 0.368. The van der Waals surface area contributed by atoms with Crippen LogP contribution in [0.5, 0.6) is 0 Å². The maximum atomic E-state index is 5.40. The van der Waals surface area contributed by atoms with Gasteiger partial charge in [-0.3, -0.25) is 4.42 Å². The Labute approximate surface area is 127 Å². The first kappa shape index (κ1) is 15.5. The molecule has 0 radical (unpaired) electrons. The van der Waals surface area contributed by atoms with Crippen molar-refractivity contribution in [2.24, 2.45) is 0 Å². The van der Waals surface area contributed by atoms with Gasteiger partial charge in [0.1, 0.15) is 0 Å². The number of hydrogen-bond donors (Lipinski definition) is 0. The van der Waals surface area contributed by atoms with Crippen LogP contribution in [0.2, 0.25) is 0 Å². The standard InChI is InChI=1S/C19H23O2/c1-12-7-16(20-5)8-13(2)18(12)11-19-14(3)9-17(21-6)10-15(19)4/h7-10,16H,1-6H3/q+1. The SMILES string of the molecule is COC1C=C(C)C(=C=C2C(C)=CC(=[O+]C)C=C2C)C(C)=C1. The molecule has 110 valence electrons. The smallest absolute Gasteiger partial charge is 0.343 e. The molecule has 2 aliphatic carbocycles. The van der Waals surface area contributed by atoms with Gasteiger partial charge >= 0.3 is 5.78 Å². The monoisotopic (exact) mass is 283 g/mol. The zero-order valence-corrected chi connectivity index (χ0v) is 13.7. The lowest BCUT2D eigenvalue weighted by Gasteiger charge is -2.18. The van der Waals surface area contributed by atoms with E-state index in [1.54, 1.807) is 14.2 Å².